The molecule has 0 aliphatic heterocycles. The Hall–Kier alpha value is -4.33. The molecule has 1 aliphatic rings. The van der Waals surface area contributed by atoms with Crippen molar-refractivity contribution in [3.8, 4) is 0 Å². The lowest BCUT2D eigenvalue weighted by atomic mass is 9.94. The second-order valence-electron chi connectivity index (χ2n) is 10.1. The van der Waals surface area contributed by atoms with Crippen molar-refractivity contribution in [2.75, 3.05) is 0 Å². The van der Waals surface area contributed by atoms with E-state index in [2.05, 4.69) is 10.3 Å². The molecule has 1 amide bonds. The average Bonchev–Trinajstić information content (AvgIpc) is 3.48. The Bertz CT molecular complexity index is 1770. The highest BCUT2D eigenvalue weighted by Crippen LogP contribution is 2.35. The Balaban J connectivity index is 1.21. The van der Waals surface area contributed by atoms with Gasteiger partial charge in [0.1, 0.15) is 23.0 Å². The van der Waals surface area contributed by atoms with Gasteiger partial charge in [-0.3, -0.25) is 4.79 Å². The topological polar surface area (TPSA) is 126 Å². The molecule has 0 radical (unpaired) electrons. The van der Waals surface area contributed by atoms with E-state index in [0.717, 1.165) is 69.8 Å². The van der Waals surface area contributed by atoms with Gasteiger partial charge in [0, 0.05) is 64.3 Å². The van der Waals surface area contributed by atoms with E-state index in [0.29, 0.717) is 11.1 Å². The van der Waals surface area contributed by atoms with Crippen LogP contribution in [0.3, 0.4) is 0 Å². The fraction of sp³-hybridized carbons (Fsp3) is 0.300. The predicted molar refractivity (Wildman–Crippen MR) is 144 cm³/mol. The number of carbonyl (C=O) groups excluding carboxylic acids is 1. The number of amides is 1. The smallest absolute Gasteiger partial charge is 0.339 e. The highest BCUT2D eigenvalue weighted by atomic mass is 16.4. The summed E-state index contributed by atoms with van der Waals surface area (Å²) in [6.45, 7) is 1.86. The van der Waals surface area contributed by atoms with Crippen LogP contribution in [0, 0.1) is 6.92 Å². The summed E-state index contributed by atoms with van der Waals surface area (Å²) >= 11 is 0. The van der Waals surface area contributed by atoms with Crippen molar-refractivity contribution in [2.45, 2.75) is 57.9 Å². The third-order valence-corrected chi connectivity index (χ3v) is 7.70. The highest BCUT2D eigenvalue weighted by Gasteiger charge is 2.23. The van der Waals surface area contributed by atoms with Crippen LogP contribution in [0.2, 0.25) is 0 Å². The number of fused-ring (bicyclic) bond motifs is 5. The molecule has 0 unspecified atom stereocenters. The minimum Gasteiger partial charge on any atom is -0.480 e. The van der Waals surface area contributed by atoms with E-state index in [-0.39, 0.29) is 19.3 Å². The van der Waals surface area contributed by atoms with E-state index in [1.54, 1.807) is 12.3 Å². The SMILES string of the molecule is Cc1c(CCC(=O)N[C@@H](Cc2c[nH]c3ccccc23)C(=O)O)c(=O)oc2cc3oc4c(c3cc12)CCCC4. The van der Waals surface area contributed by atoms with Crippen LogP contribution < -0.4 is 10.9 Å². The van der Waals surface area contributed by atoms with Gasteiger partial charge in [-0.25, -0.2) is 9.59 Å². The number of furan rings is 1. The van der Waals surface area contributed by atoms with E-state index in [1.165, 1.54) is 5.56 Å². The molecule has 0 fully saturated rings. The van der Waals surface area contributed by atoms with Crippen LogP contribution in [0.1, 0.15) is 47.3 Å². The van der Waals surface area contributed by atoms with Gasteiger partial charge in [0.15, 0.2) is 0 Å². The van der Waals surface area contributed by atoms with Crippen molar-refractivity contribution in [3.63, 3.8) is 0 Å². The molecule has 38 heavy (non-hydrogen) atoms. The minimum atomic E-state index is -1.11. The Kier molecular flexibility index (Phi) is 6.02. The number of nitrogens with one attached hydrogen (secondary N) is 2. The number of aromatic nitrogens is 1. The summed E-state index contributed by atoms with van der Waals surface area (Å²) in [6.07, 6.45) is 6.16. The van der Waals surface area contributed by atoms with Crippen molar-refractivity contribution < 1.29 is 23.5 Å². The number of aliphatic carboxylic acids is 1. The fourth-order valence-electron chi connectivity index (χ4n) is 5.66. The molecule has 0 bridgehead atoms. The molecule has 8 heteroatoms. The Labute approximate surface area is 217 Å². The van der Waals surface area contributed by atoms with E-state index >= 15 is 0 Å². The Morgan fingerprint density at radius 1 is 1.05 bits per heavy atom. The van der Waals surface area contributed by atoms with Crippen LogP contribution in [-0.2, 0) is 35.3 Å². The molecule has 3 aromatic heterocycles. The molecule has 1 atom stereocenters. The van der Waals surface area contributed by atoms with E-state index in [4.69, 9.17) is 8.83 Å². The lowest BCUT2D eigenvalue weighted by Gasteiger charge is -2.15. The van der Waals surface area contributed by atoms with Crippen LogP contribution in [0.15, 0.2) is 56.2 Å². The summed E-state index contributed by atoms with van der Waals surface area (Å²) in [5.74, 6) is -0.535. The summed E-state index contributed by atoms with van der Waals surface area (Å²) in [5, 5.41) is 15.2. The van der Waals surface area contributed by atoms with Crippen LogP contribution in [0.5, 0.6) is 0 Å². The Morgan fingerprint density at radius 2 is 1.84 bits per heavy atom. The van der Waals surface area contributed by atoms with Crippen molar-refractivity contribution in [1.82, 2.24) is 10.3 Å². The van der Waals surface area contributed by atoms with Gasteiger partial charge in [0.05, 0.1) is 0 Å². The number of aryl methyl sites for hydroxylation is 3. The molecule has 0 spiro atoms. The zero-order valence-corrected chi connectivity index (χ0v) is 21.1. The van der Waals surface area contributed by atoms with Crippen LogP contribution >= 0.6 is 0 Å². The zero-order chi connectivity index (χ0) is 26.4. The molecule has 6 rings (SSSR count). The quantitative estimate of drug-likeness (QED) is 0.265. The monoisotopic (exact) mass is 512 g/mol. The highest BCUT2D eigenvalue weighted by molar-refractivity contribution is 5.97. The second kappa shape index (κ2) is 9.52. The number of carboxylic acids is 1. The molecule has 194 valence electrons. The number of H-pyrrole nitrogens is 1. The molecular weight excluding hydrogens is 484 g/mol. The van der Waals surface area contributed by atoms with E-state index in [9.17, 15) is 19.5 Å². The first-order valence-electron chi connectivity index (χ1n) is 13.0. The predicted octanol–water partition coefficient (Wildman–Crippen LogP) is 4.95. The lowest BCUT2D eigenvalue weighted by molar-refractivity contribution is -0.141. The van der Waals surface area contributed by atoms with Crippen molar-refractivity contribution in [1.29, 1.82) is 0 Å². The zero-order valence-electron chi connectivity index (χ0n) is 21.1. The van der Waals surface area contributed by atoms with Gasteiger partial charge >= 0.3 is 11.6 Å². The Morgan fingerprint density at radius 3 is 2.68 bits per heavy atom. The number of benzene rings is 2. The van der Waals surface area contributed by atoms with E-state index in [1.807, 2.05) is 37.3 Å². The number of para-hydroxylation sites is 1. The average molecular weight is 513 g/mol. The molecule has 0 saturated heterocycles. The fourth-order valence-corrected chi connectivity index (χ4v) is 5.66. The largest absolute Gasteiger partial charge is 0.480 e. The molecular formula is C30H28N2O6. The van der Waals surface area contributed by atoms with Gasteiger partial charge in [-0.2, -0.15) is 0 Å². The summed E-state index contributed by atoms with van der Waals surface area (Å²) in [5.41, 5.74) is 4.84. The lowest BCUT2D eigenvalue weighted by Crippen LogP contribution is -2.42. The first-order chi connectivity index (χ1) is 18.4. The number of carbonyl (C=O) groups is 2. The molecule has 3 N–H and O–H groups in total. The molecule has 1 aliphatic carbocycles. The summed E-state index contributed by atoms with van der Waals surface area (Å²) < 4.78 is 11.7. The number of carboxylic acid groups (broad SMARTS) is 1. The van der Waals surface area contributed by atoms with Gasteiger partial charge in [0.2, 0.25) is 5.91 Å². The first-order valence-corrected chi connectivity index (χ1v) is 13.0. The van der Waals surface area contributed by atoms with Crippen LogP contribution in [-0.4, -0.2) is 28.0 Å². The normalized spacial score (nSPS) is 14.1. The standard InChI is InChI=1S/C30H28N2O6/c1-16-18(30(36)38-26-14-27-22(13-21(16)26)20-7-3-5-9-25(20)37-27)10-11-28(33)32-24(29(34)35)12-17-15-31-23-8-4-2-6-19(17)23/h2,4,6,8,13-15,24,31H,3,5,7,9-12H2,1H3,(H,32,33)(H,34,35)/t24-/m0/s1. The summed E-state index contributed by atoms with van der Waals surface area (Å²) in [6, 6.07) is 10.3. The van der Waals surface area contributed by atoms with Crippen molar-refractivity contribution in [3.05, 3.63) is 81.0 Å². The third-order valence-electron chi connectivity index (χ3n) is 7.70. The summed E-state index contributed by atoms with van der Waals surface area (Å²) in [4.78, 5) is 40.7. The third kappa shape index (κ3) is 4.26. The van der Waals surface area contributed by atoms with Gasteiger partial charge in [-0.1, -0.05) is 18.2 Å². The maximum Gasteiger partial charge on any atom is 0.339 e. The molecule has 8 nitrogen and oxygen atoms in total. The molecule has 3 heterocycles. The van der Waals surface area contributed by atoms with Gasteiger partial charge in [-0.15, -0.1) is 0 Å². The number of rotatable bonds is 7. The van der Waals surface area contributed by atoms with Crippen molar-refractivity contribution in [2.24, 2.45) is 0 Å². The van der Waals surface area contributed by atoms with Gasteiger partial charge < -0.3 is 24.2 Å². The minimum absolute atomic E-state index is 0.0296. The van der Waals surface area contributed by atoms with Gasteiger partial charge in [-0.05, 0) is 55.9 Å². The second-order valence-corrected chi connectivity index (χ2v) is 10.1. The van der Waals surface area contributed by atoms with Crippen molar-refractivity contribution >= 4 is 44.7 Å². The number of hydrogen-bond donors (Lipinski definition) is 3. The maximum absolute atomic E-state index is 12.8. The van der Waals surface area contributed by atoms with Crippen LogP contribution in [0.4, 0.5) is 0 Å². The number of hydrogen-bond acceptors (Lipinski definition) is 5. The maximum atomic E-state index is 12.8. The first kappa shape index (κ1) is 24.0. The number of aromatic amines is 1. The molecule has 2 aromatic carbocycles. The van der Waals surface area contributed by atoms with Gasteiger partial charge in [0.25, 0.3) is 0 Å². The van der Waals surface area contributed by atoms with Crippen LogP contribution in [0.25, 0.3) is 32.8 Å². The van der Waals surface area contributed by atoms with E-state index < -0.39 is 23.5 Å². The molecule has 5 aromatic rings. The summed E-state index contributed by atoms with van der Waals surface area (Å²) in [7, 11) is 0. The molecule has 0 saturated carbocycles.